The molecule has 4 nitrogen and oxygen atoms in total. The van der Waals surface area contributed by atoms with Crippen molar-refractivity contribution in [3.05, 3.63) is 0 Å². The molecule has 0 aromatic heterocycles. The van der Waals surface area contributed by atoms with E-state index < -0.39 is 5.60 Å². The van der Waals surface area contributed by atoms with Crippen molar-refractivity contribution >= 4 is 5.91 Å². The number of rotatable bonds is 4. The first-order chi connectivity index (χ1) is 10.2. The Morgan fingerprint density at radius 2 is 1.71 bits per heavy atom. The monoisotopic (exact) mass is 294 g/mol. The number of piperidine rings is 1. The van der Waals surface area contributed by atoms with Crippen LogP contribution in [0.5, 0.6) is 0 Å². The zero-order valence-electron chi connectivity index (χ0n) is 13.2. The van der Waals surface area contributed by atoms with Gasteiger partial charge in [-0.15, -0.1) is 0 Å². The summed E-state index contributed by atoms with van der Waals surface area (Å²) in [5, 5.41) is 10.5. The van der Waals surface area contributed by atoms with Crippen LogP contribution < -0.4 is 0 Å². The molecular formula is C17H30N2O2. The average molecular weight is 294 g/mol. The molecule has 2 heterocycles. The van der Waals surface area contributed by atoms with E-state index in [4.69, 9.17) is 0 Å². The Labute approximate surface area is 128 Å². The Morgan fingerprint density at radius 1 is 1.00 bits per heavy atom. The SMILES string of the molecule is O=C(CC1(O)CCCC1)N1CCCC1CN1CCCCC1. The third kappa shape index (κ3) is 3.78. The smallest absolute Gasteiger partial charge is 0.225 e. The van der Waals surface area contributed by atoms with Crippen molar-refractivity contribution in [2.45, 2.75) is 75.9 Å². The van der Waals surface area contributed by atoms with E-state index in [1.807, 2.05) is 0 Å². The van der Waals surface area contributed by atoms with Crippen LogP contribution in [0.25, 0.3) is 0 Å². The van der Waals surface area contributed by atoms with Gasteiger partial charge in [0.05, 0.1) is 12.0 Å². The number of nitrogens with zero attached hydrogens (tertiary/aromatic N) is 2. The summed E-state index contributed by atoms with van der Waals surface area (Å²) < 4.78 is 0. The minimum Gasteiger partial charge on any atom is -0.389 e. The van der Waals surface area contributed by atoms with Crippen LogP contribution in [-0.2, 0) is 4.79 Å². The van der Waals surface area contributed by atoms with Gasteiger partial charge in [0.25, 0.3) is 0 Å². The maximum absolute atomic E-state index is 12.6. The van der Waals surface area contributed by atoms with Gasteiger partial charge in [-0.1, -0.05) is 19.3 Å². The van der Waals surface area contributed by atoms with Crippen LogP contribution in [-0.4, -0.2) is 58.6 Å². The van der Waals surface area contributed by atoms with Gasteiger partial charge in [0, 0.05) is 19.1 Å². The lowest BCUT2D eigenvalue weighted by atomic mass is 9.97. The molecular weight excluding hydrogens is 264 g/mol. The number of carbonyl (C=O) groups excluding carboxylic acids is 1. The number of amides is 1. The van der Waals surface area contributed by atoms with E-state index in [0.29, 0.717) is 12.5 Å². The van der Waals surface area contributed by atoms with Gasteiger partial charge in [-0.05, 0) is 51.6 Å². The lowest BCUT2D eigenvalue weighted by molar-refractivity contribution is -0.137. The number of aliphatic hydroxyl groups is 1. The zero-order chi connectivity index (χ0) is 14.7. The molecule has 1 amide bonds. The molecule has 0 spiro atoms. The molecule has 1 atom stereocenters. The summed E-state index contributed by atoms with van der Waals surface area (Å²) in [6, 6.07) is 0.389. The molecule has 120 valence electrons. The summed E-state index contributed by atoms with van der Waals surface area (Å²) in [4.78, 5) is 17.2. The van der Waals surface area contributed by atoms with Crippen LogP contribution in [0.1, 0.15) is 64.2 Å². The van der Waals surface area contributed by atoms with Crippen molar-refractivity contribution < 1.29 is 9.90 Å². The summed E-state index contributed by atoms with van der Waals surface area (Å²) in [7, 11) is 0. The van der Waals surface area contributed by atoms with Crippen LogP contribution in [0.4, 0.5) is 0 Å². The van der Waals surface area contributed by atoms with Crippen LogP contribution in [0.15, 0.2) is 0 Å². The van der Waals surface area contributed by atoms with E-state index >= 15 is 0 Å². The van der Waals surface area contributed by atoms with Crippen molar-refractivity contribution in [2.24, 2.45) is 0 Å². The van der Waals surface area contributed by atoms with E-state index in [9.17, 15) is 9.90 Å². The van der Waals surface area contributed by atoms with Gasteiger partial charge in [0.1, 0.15) is 0 Å². The molecule has 0 bridgehead atoms. The Morgan fingerprint density at radius 3 is 2.43 bits per heavy atom. The van der Waals surface area contributed by atoms with Gasteiger partial charge < -0.3 is 14.9 Å². The standard InChI is InChI=1S/C17H30N2O2/c20-16(13-17(21)8-2-3-9-17)19-12-6-7-15(19)14-18-10-4-1-5-11-18/h15,21H,1-14H2. The first-order valence-corrected chi connectivity index (χ1v) is 8.91. The molecule has 2 aliphatic heterocycles. The number of likely N-dealkylation sites (tertiary alicyclic amines) is 2. The van der Waals surface area contributed by atoms with Gasteiger partial charge in [-0.2, -0.15) is 0 Å². The first kappa shape index (κ1) is 15.3. The third-order valence-corrected chi connectivity index (χ3v) is 5.63. The fraction of sp³-hybridized carbons (Fsp3) is 0.941. The van der Waals surface area contributed by atoms with Gasteiger partial charge in [-0.25, -0.2) is 0 Å². The van der Waals surface area contributed by atoms with Crippen molar-refractivity contribution in [2.75, 3.05) is 26.2 Å². The Balaban J connectivity index is 1.54. The molecule has 1 unspecified atom stereocenters. The lowest BCUT2D eigenvalue weighted by Crippen LogP contribution is -2.46. The molecule has 1 aliphatic carbocycles. The molecule has 21 heavy (non-hydrogen) atoms. The maximum atomic E-state index is 12.6. The Hall–Kier alpha value is -0.610. The van der Waals surface area contributed by atoms with Crippen LogP contribution >= 0.6 is 0 Å². The quantitative estimate of drug-likeness (QED) is 0.864. The summed E-state index contributed by atoms with van der Waals surface area (Å²) in [6.07, 6.45) is 10.3. The Bertz CT molecular complexity index is 360. The summed E-state index contributed by atoms with van der Waals surface area (Å²) in [5.41, 5.74) is -0.699. The van der Waals surface area contributed by atoms with Crippen molar-refractivity contribution in [3.63, 3.8) is 0 Å². The van der Waals surface area contributed by atoms with E-state index in [1.165, 1.54) is 32.4 Å². The molecule has 0 aromatic rings. The Kier molecular flexibility index (Phi) is 4.85. The predicted molar refractivity (Wildman–Crippen MR) is 83.1 cm³/mol. The second-order valence-electron chi connectivity index (χ2n) is 7.35. The van der Waals surface area contributed by atoms with E-state index in [-0.39, 0.29) is 5.91 Å². The molecule has 2 saturated heterocycles. The predicted octanol–water partition coefficient (Wildman–Crippen LogP) is 2.16. The fourth-order valence-corrected chi connectivity index (χ4v) is 4.39. The van der Waals surface area contributed by atoms with E-state index in [1.54, 1.807) is 0 Å². The highest BCUT2D eigenvalue weighted by Gasteiger charge is 2.38. The third-order valence-electron chi connectivity index (χ3n) is 5.63. The number of hydrogen-bond donors (Lipinski definition) is 1. The van der Waals surface area contributed by atoms with E-state index in [0.717, 1.165) is 51.6 Å². The first-order valence-electron chi connectivity index (χ1n) is 8.91. The largest absolute Gasteiger partial charge is 0.389 e. The summed E-state index contributed by atoms with van der Waals surface area (Å²) in [5.74, 6) is 0.193. The lowest BCUT2D eigenvalue weighted by Gasteiger charge is -2.34. The molecule has 3 aliphatic rings. The van der Waals surface area contributed by atoms with Crippen LogP contribution in [0.2, 0.25) is 0 Å². The topological polar surface area (TPSA) is 43.8 Å². The molecule has 0 aromatic carbocycles. The van der Waals surface area contributed by atoms with Gasteiger partial charge >= 0.3 is 0 Å². The number of carbonyl (C=O) groups is 1. The molecule has 1 saturated carbocycles. The van der Waals surface area contributed by atoms with Crippen LogP contribution in [0.3, 0.4) is 0 Å². The molecule has 3 fully saturated rings. The minimum atomic E-state index is -0.699. The highest BCUT2D eigenvalue weighted by Crippen LogP contribution is 2.33. The highest BCUT2D eigenvalue weighted by molar-refractivity contribution is 5.78. The molecule has 0 radical (unpaired) electrons. The zero-order valence-corrected chi connectivity index (χ0v) is 13.2. The molecule has 4 heteroatoms. The van der Waals surface area contributed by atoms with Crippen molar-refractivity contribution in [1.29, 1.82) is 0 Å². The van der Waals surface area contributed by atoms with Gasteiger partial charge in [-0.3, -0.25) is 4.79 Å². The van der Waals surface area contributed by atoms with Gasteiger partial charge in [0.15, 0.2) is 0 Å². The minimum absolute atomic E-state index is 0.193. The second kappa shape index (κ2) is 6.66. The summed E-state index contributed by atoms with van der Waals surface area (Å²) in [6.45, 7) is 4.34. The summed E-state index contributed by atoms with van der Waals surface area (Å²) >= 11 is 0. The normalized spacial score (nSPS) is 30.0. The molecule has 3 rings (SSSR count). The maximum Gasteiger partial charge on any atom is 0.225 e. The van der Waals surface area contributed by atoms with Crippen molar-refractivity contribution in [1.82, 2.24) is 9.80 Å². The average Bonchev–Trinajstić information content (AvgIpc) is 3.09. The van der Waals surface area contributed by atoms with Crippen molar-refractivity contribution in [3.8, 4) is 0 Å². The van der Waals surface area contributed by atoms with Crippen LogP contribution in [0, 0.1) is 0 Å². The fourth-order valence-electron chi connectivity index (χ4n) is 4.39. The highest BCUT2D eigenvalue weighted by atomic mass is 16.3. The second-order valence-corrected chi connectivity index (χ2v) is 7.35. The number of hydrogen-bond acceptors (Lipinski definition) is 3. The van der Waals surface area contributed by atoms with E-state index in [2.05, 4.69) is 9.80 Å². The van der Waals surface area contributed by atoms with Gasteiger partial charge in [0.2, 0.25) is 5.91 Å². The molecule has 1 N–H and O–H groups in total.